The first-order valence-electron chi connectivity index (χ1n) is 8.47. The lowest BCUT2D eigenvalue weighted by molar-refractivity contribution is -0.126. The number of carbonyl (C=O) groups is 1. The van der Waals surface area contributed by atoms with Crippen LogP contribution in [-0.2, 0) is 17.8 Å². The minimum Gasteiger partial charge on any atom is -0.467 e. The molecule has 0 unspecified atom stereocenters. The maximum absolute atomic E-state index is 12.8. The molecule has 2 aliphatic heterocycles. The number of nitrogens with zero attached hydrogens (tertiary/aromatic N) is 1. The Morgan fingerprint density at radius 2 is 2.13 bits per heavy atom. The number of carbonyl (C=O) groups excluding carboxylic acids is 1. The van der Waals surface area contributed by atoms with Crippen molar-refractivity contribution in [3.63, 3.8) is 0 Å². The zero-order valence-electron chi connectivity index (χ0n) is 13.2. The molecule has 0 saturated carbocycles. The molecule has 0 radical (unpaired) electrons. The summed E-state index contributed by atoms with van der Waals surface area (Å²) in [5, 5.41) is 3.06. The average molecular weight is 310 g/mol. The molecule has 1 N–H and O–H groups in total. The third-order valence-corrected chi connectivity index (χ3v) is 5.11. The van der Waals surface area contributed by atoms with Gasteiger partial charge in [0.05, 0.1) is 18.7 Å². The molecule has 0 aliphatic carbocycles. The molecule has 2 aliphatic rings. The number of piperidine rings is 1. The number of rotatable bonds is 3. The molecule has 1 amide bonds. The van der Waals surface area contributed by atoms with Gasteiger partial charge in [-0.1, -0.05) is 18.2 Å². The number of anilines is 1. The van der Waals surface area contributed by atoms with Crippen molar-refractivity contribution >= 4 is 11.6 Å². The van der Waals surface area contributed by atoms with Gasteiger partial charge in [-0.15, -0.1) is 0 Å². The Balaban J connectivity index is 1.54. The summed E-state index contributed by atoms with van der Waals surface area (Å²) in [5.41, 5.74) is 2.62. The second-order valence-electron chi connectivity index (χ2n) is 6.49. The number of amides is 1. The van der Waals surface area contributed by atoms with Gasteiger partial charge in [0.1, 0.15) is 5.76 Å². The van der Waals surface area contributed by atoms with Gasteiger partial charge in [0.25, 0.3) is 0 Å². The molecule has 4 rings (SSSR count). The summed E-state index contributed by atoms with van der Waals surface area (Å²) < 4.78 is 5.31. The molecule has 4 nitrogen and oxygen atoms in total. The van der Waals surface area contributed by atoms with Gasteiger partial charge < -0.3 is 14.6 Å². The van der Waals surface area contributed by atoms with E-state index in [1.54, 1.807) is 6.26 Å². The van der Waals surface area contributed by atoms with Gasteiger partial charge in [-0.05, 0) is 49.4 Å². The van der Waals surface area contributed by atoms with E-state index in [9.17, 15) is 4.79 Å². The van der Waals surface area contributed by atoms with Crippen molar-refractivity contribution in [3.8, 4) is 0 Å². The number of hydrogen-bond donors (Lipinski definition) is 1. The Morgan fingerprint density at radius 1 is 1.22 bits per heavy atom. The molecule has 2 aromatic rings. The Hall–Kier alpha value is -2.23. The number of hydrogen-bond acceptors (Lipinski definition) is 3. The van der Waals surface area contributed by atoms with Crippen LogP contribution in [0.2, 0.25) is 0 Å². The third-order valence-electron chi connectivity index (χ3n) is 5.11. The second-order valence-corrected chi connectivity index (χ2v) is 6.49. The molecular weight excluding hydrogens is 288 g/mol. The zero-order valence-corrected chi connectivity index (χ0v) is 13.2. The van der Waals surface area contributed by atoms with Crippen LogP contribution < -0.4 is 10.2 Å². The van der Waals surface area contributed by atoms with Crippen LogP contribution in [0.3, 0.4) is 0 Å². The van der Waals surface area contributed by atoms with E-state index in [1.165, 1.54) is 24.1 Å². The average Bonchev–Trinajstić information content (AvgIpc) is 3.12. The number of benzene rings is 1. The van der Waals surface area contributed by atoms with Crippen LogP contribution in [0.4, 0.5) is 5.69 Å². The van der Waals surface area contributed by atoms with Crippen molar-refractivity contribution < 1.29 is 9.21 Å². The topological polar surface area (TPSA) is 45.5 Å². The van der Waals surface area contributed by atoms with E-state index in [4.69, 9.17) is 4.42 Å². The maximum Gasteiger partial charge on any atom is 0.225 e. The highest BCUT2D eigenvalue weighted by atomic mass is 16.3. The number of fused-ring (bicyclic) bond motifs is 3. The molecule has 0 spiro atoms. The SMILES string of the molecule is O=C(NCc1ccco1)[C@@H]1Cc2ccccc2N2CCCC[C@H]12. The molecule has 120 valence electrons. The minimum atomic E-state index is 0.0279. The number of nitrogens with one attached hydrogen (secondary N) is 1. The first kappa shape index (κ1) is 14.4. The standard InChI is InChI=1S/C19H22N2O2/c22-19(20-13-15-7-5-11-23-15)16-12-14-6-1-2-8-17(14)21-10-4-3-9-18(16)21/h1-2,5-8,11,16,18H,3-4,9-10,12-13H2,(H,20,22)/t16-,18-/m1/s1. The molecule has 1 fully saturated rings. The van der Waals surface area contributed by atoms with Crippen LogP contribution in [-0.4, -0.2) is 18.5 Å². The highest BCUT2D eigenvalue weighted by Gasteiger charge is 2.39. The van der Waals surface area contributed by atoms with Crippen LogP contribution in [0.15, 0.2) is 47.1 Å². The van der Waals surface area contributed by atoms with E-state index >= 15 is 0 Å². The lowest BCUT2D eigenvalue weighted by atomic mass is 9.80. The van der Waals surface area contributed by atoms with Gasteiger partial charge in [-0.3, -0.25) is 4.79 Å². The number of para-hydroxylation sites is 1. The van der Waals surface area contributed by atoms with Crippen LogP contribution in [0.25, 0.3) is 0 Å². The number of furan rings is 1. The van der Waals surface area contributed by atoms with Gasteiger partial charge in [-0.25, -0.2) is 0 Å². The lowest BCUT2D eigenvalue weighted by Gasteiger charge is -2.46. The van der Waals surface area contributed by atoms with Crippen LogP contribution >= 0.6 is 0 Å². The summed E-state index contributed by atoms with van der Waals surface area (Å²) in [6, 6.07) is 12.6. The third kappa shape index (κ3) is 2.74. The fraction of sp³-hybridized carbons (Fsp3) is 0.421. The fourth-order valence-corrected chi connectivity index (χ4v) is 4.00. The predicted molar refractivity (Wildman–Crippen MR) is 89.2 cm³/mol. The highest BCUT2D eigenvalue weighted by molar-refractivity contribution is 5.82. The van der Waals surface area contributed by atoms with Gasteiger partial charge in [-0.2, -0.15) is 0 Å². The van der Waals surface area contributed by atoms with Gasteiger partial charge in [0, 0.05) is 18.3 Å². The summed E-state index contributed by atoms with van der Waals surface area (Å²) in [4.78, 5) is 15.2. The van der Waals surface area contributed by atoms with Crippen LogP contribution in [0, 0.1) is 5.92 Å². The van der Waals surface area contributed by atoms with Crippen molar-refractivity contribution in [1.29, 1.82) is 0 Å². The summed E-state index contributed by atoms with van der Waals surface area (Å²) in [5.74, 6) is 0.975. The second kappa shape index (κ2) is 6.11. The summed E-state index contributed by atoms with van der Waals surface area (Å²) in [6.07, 6.45) is 6.01. The van der Waals surface area contributed by atoms with Crippen molar-refractivity contribution in [2.75, 3.05) is 11.4 Å². The van der Waals surface area contributed by atoms with Crippen molar-refractivity contribution in [1.82, 2.24) is 5.32 Å². The summed E-state index contributed by atoms with van der Waals surface area (Å²) >= 11 is 0. The Bertz CT molecular complexity index is 680. The zero-order chi connectivity index (χ0) is 15.6. The van der Waals surface area contributed by atoms with E-state index in [0.29, 0.717) is 12.6 Å². The van der Waals surface area contributed by atoms with E-state index in [0.717, 1.165) is 25.1 Å². The highest BCUT2D eigenvalue weighted by Crippen LogP contribution is 2.38. The van der Waals surface area contributed by atoms with Gasteiger partial charge >= 0.3 is 0 Å². The molecule has 23 heavy (non-hydrogen) atoms. The molecule has 1 aromatic heterocycles. The Morgan fingerprint density at radius 3 is 3.00 bits per heavy atom. The minimum absolute atomic E-state index is 0.0279. The first-order chi connectivity index (χ1) is 11.3. The monoisotopic (exact) mass is 310 g/mol. The maximum atomic E-state index is 12.8. The quantitative estimate of drug-likeness (QED) is 0.947. The van der Waals surface area contributed by atoms with E-state index in [2.05, 4.69) is 34.5 Å². The Kier molecular flexibility index (Phi) is 3.82. The fourth-order valence-electron chi connectivity index (χ4n) is 4.00. The van der Waals surface area contributed by atoms with Crippen molar-refractivity contribution in [2.24, 2.45) is 5.92 Å². The molecule has 2 atom stereocenters. The predicted octanol–water partition coefficient (Wildman–Crippen LogP) is 3.13. The van der Waals surface area contributed by atoms with E-state index in [1.807, 2.05) is 12.1 Å². The summed E-state index contributed by atoms with van der Waals surface area (Å²) in [6.45, 7) is 1.53. The Labute approximate surface area is 136 Å². The smallest absolute Gasteiger partial charge is 0.225 e. The molecule has 1 saturated heterocycles. The van der Waals surface area contributed by atoms with E-state index < -0.39 is 0 Å². The van der Waals surface area contributed by atoms with Crippen LogP contribution in [0.1, 0.15) is 30.6 Å². The normalized spacial score (nSPS) is 23.0. The molecular formula is C19H22N2O2. The summed E-state index contributed by atoms with van der Waals surface area (Å²) in [7, 11) is 0. The lowest BCUT2D eigenvalue weighted by Crippen LogP contribution is -2.53. The van der Waals surface area contributed by atoms with Crippen molar-refractivity contribution in [2.45, 2.75) is 38.3 Å². The molecule has 4 heteroatoms. The molecule has 0 bridgehead atoms. The molecule has 3 heterocycles. The largest absolute Gasteiger partial charge is 0.467 e. The van der Waals surface area contributed by atoms with Crippen molar-refractivity contribution in [3.05, 3.63) is 54.0 Å². The van der Waals surface area contributed by atoms with Gasteiger partial charge in [0.2, 0.25) is 5.91 Å². The molecule has 1 aromatic carbocycles. The van der Waals surface area contributed by atoms with E-state index in [-0.39, 0.29) is 11.8 Å². The van der Waals surface area contributed by atoms with Crippen LogP contribution in [0.5, 0.6) is 0 Å². The van der Waals surface area contributed by atoms with Gasteiger partial charge in [0.15, 0.2) is 0 Å². The first-order valence-corrected chi connectivity index (χ1v) is 8.47.